The number of nitrogens with one attached hydrogen (secondary N) is 1. The molecule has 2 N–H and O–H groups in total. The van der Waals surface area contributed by atoms with Crippen molar-refractivity contribution in [3.8, 4) is 0 Å². The summed E-state index contributed by atoms with van der Waals surface area (Å²) in [5.41, 5.74) is 0. The Hall–Kier alpha value is -0.910. The zero-order valence-electron chi connectivity index (χ0n) is 11.4. The van der Waals surface area contributed by atoms with Crippen molar-refractivity contribution < 1.29 is 5.11 Å². The van der Waals surface area contributed by atoms with E-state index < -0.39 is 0 Å². The Kier molecular flexibility index (Phi) is 4.15. The molecule has 2 aliphatic rings. The first-order chi connectivity index (χ1) is 9.31. The number of hydrogen-bond acceptors (Lipinski definition) is 4. The highest BCUT2D eigenvalue weighted by Gasteiger charge is 2.31. The maximum absolute atomic E-state index is 10.0. The minimum Gasteiger partial charge on any atom is -0.390 e. The Morgan fingerprint density at radius 1 is 1.37 bits per heavy atom. The van der Waals surface area contributed by atoms with Crippen LogP contribution in [0.1, 0.15) is 25.7 Å². The average Bonchev–Trinajstić information content (AvgIpc) is 3.06. The van der Waals surface area contributed by atoms with E-state index >= 15 is 0 Å². The molecule has 0 saturated carbocycles. The molecule has 1 aromatic rings. The Morgan fingerprint density at radius 2 is 2.32 bits per heavy atom. The zero-order chi connectivity index (χ0) is 13.1. The molecule has 1 aromatic heterocycles. The van der Waals surface area contributed by atoms with Crippen molar-refractivity contribution in [3.63, 3.8) is 0 Å². The van der Waals surface area contributed by atoms with Gasteiger partial charge in [-0.05, 0) is 44.8 Å². The summed E-state index contributed by atoms with van der Waals surface area (Å²) in [4.78, 5) is 2.62. The zero-order valence-corrected chi connectivity index (χ0v) is 11.4. The van der Waals surface area contributed by atoms with Crippen LogP contribution < -0.4 is 5.32 Å². The maximum Gasteiger partial charge on any atom is 0.0860 e. The molecule has 3 unspecified atom stereocenters. The van der Waals surface area contributed by atoms with E-state index in [2.05, 4.69) is 15.3 Å². The smallest absolute Gasteiger partial charge is 0.0860 e. The minimum absolute atomic E-state index is 0.360. The Balaban J connectivity index is 1.40. The van der Waals surface area contributed by atoms with Crippen molar-refractivity contribution in [1.82, 2.24) is 20.0 Å². The highest BCUT2D eigenvalue weighted by molar-refractivity contribution is 4.89. The van der Waals surface area contributed by atoms with E-state index in [1.165, 1.54) is 38.8 Å². The number of rotatable bonds is 5. The van der Waals surface area contributed by atoms with E-state index in [1.54, 1.807) is 10.9 Å². The summed E-state index contributed by atoms with van der Waals surface area (Å²) in [6.45, 7) is 3.75. The molecular weight excluding hydrogens is 240 g/mol. The van der Waals surface area contributed by atoms with Gasteiger partial charge in [-0.2, -0.15) is 5.10 Å². The Labute approximate surface area is 114 Å². The van der Waals surface area contributed by atoms with Gasteiger partial charge in [-0.3, -0.25) is 4.68 Å². The number of nitrogens with zero attached hydrogens (tertiary/aromatic N) is 3. The number of aliphatic hydroxyl groups excluding tert-OH is 1. The van der Waals surface area contributed by atoms with Crippen LogP contribution >= 0.6 is 0 Å². The third-order valence-electron chi connectivity index (χ3n) is 4.42. The van der Waals surface area contributed by atoms with Crippen LogP contribution in [0.2, 0.25) is 0 Å². The van der Waals surface area contributed by atoms with Crippen LogP contribution in [0.3, 0.4) is 0 Å². The van der Waals surface area contributed by atoms with Crippen LogP contribution in [0.15, 0.2) is 18.5 Å². The number of aliphatic hydroxyl groups is 1. The van der Waals surface area contributed by atoms with Crippen molar-refractivity contribution >= 4 is 0 Å². The largest absolute Gasteiger partial charge is 0.390 e. The number of piperidine rings is 1. The van der Waals surface area contributed by atoms with Gasteiger partial charge in [-0.15, -0.1) is 0 Å². The fourth-order valence-corrected chi connectivity index (χ4v) is 3.40. The molecule has 0 aromatic carbocycles. The summed E-state index contributed by atoms with van der Waals surface area (Å²) in [5.74, 6) is 0. The molecule has 5 nitrogen and oxygen atoms in total. The summed E-state index contributed by atoms with van der Waals surface area (Å²) >= 11 is 0. The second-order valence-corrected chi connectivity index (χ2v) is 5.84. The second kappa shape index (κ2) is 6.03. The van der Waals surface area contributed by atoms with E-state index in [1.807, 2.05) is 12.3 Å². The molecule has 2 saturated heterocycles. The fraction of sp³-hybridized carbons (Fsp3) is 0.786. The number of fused-ring (bicyclic) bond motifs is 1. The number of hydrogen-bond donors (Lipinski definition) is 2. The molecule has 0 bridgehead atoms. The van der Waals surface area contributed by atoms with Crippen LogP contribution in [0.25, 0.3) is 0 Å². The highest BCUT2D eigenvalue weighted by atomic mass is 16.3. The molecule has 3 rings (SSSR count). The molecule has 2 fully saturated rings. The van der Waals surface area contributed by atoms with Crippen LogP contribution in [-0.4, -0.2) is 57.6 Å². The van der Waals surface area contributed by atoms with Gasteiger partial charge < -0.3 is 15.3 Å². The van der Waals surface area contributed by atoms with Crippen molar-refractivity contribution in [2.75, 3.05) is 19.6 Å². The van der Waals surface area contributed by atoms with Crippen molar-refractivity contribution in [2.24, 2.45) is 0 Å². The van der Waals surface area contributed by atoms with E-state index in [9.17, 15) is 5.11 Å². The van der Waals surface area contributed by atoms with E-state index in [-0.39, 0.29) is 6.10 Å². The topological polar surface area (TPSA) is 53.3 Å². The van der Waals surface area contributed by atoms with Crippen molar-refractivity contribution in [2.45, 2.75) is 50.4 Å². The van der Waals surface area contributed by atoms with E-state index in [0.717, 1.165) is 6.04 Å². The molecule has 3 heterocycles. The molecule has 0 aliphatic carbocycles. The molecule has 2 aliphatic heterocycles. The van der Waals surface area contributed by atoms with Gasteiger partial charge in [0, 0.05) is 31.0 Å². The second-order valence-electron chi connectivity index (χ2n) is 5.84. The highest BCUT2D eigenvalue weighted by Crippen LogP contribution is 2.26. The van der Waals surface area contributed by atoms with E-state index in [0.29, 0.717) is 19.1 Å². The Morgan fingerprint density at radius 3 is 3.16 bits per heavy atom. The monoisotopic (exact) mass is 264 g/mol. The van der Waals surface area contributed by atoms with Crippen LogP contribution in [0.4, 0.5) is 0 Å². The lowest BCUT2D eigenvalue weighted by Crippen LogP contribution is -2.47. The quantitative estimate of drug-likeness (QED) is 0.811. The first kappa shape index (κ1) is 13.1. The first-order valence-electron chi connectivity index (χ1n) is 7.44. The molecule has 19 heavy (non-hydrogen) atoms. The number of aromatic nitrogens is 2. The lowest BCUT2D eigenvalue weighted by molar-refractivity contribution is 0.124. The van der Waals surface area contributed by atoms with Gasteiger partial charge in [-0.25, -0.2) is 0 Å². The molecule has 5 heteroatoms. The van der Waals surface area contributed by atoms with Gasteiger partial charge in [0.1, 0.15) is 0 Å². The van der Waals surface area contributed by atoms with Crippen molar-refractivity contribution in [3.05, 3.63) is 18.5 Å². The average molecular weight is 264 g/mol. The van der Waals surface area contributed by atoms with E-state index in [4.69, 9.17) is 0 Å². The van der Waals surface area contributed by atoms with Crippen LogP contribution in [-0.2, 0) is 6.54 Å². The van der Waals surface area contributed by atoms with Gasteiger partial charge >= 0.3 is 0 Å². The van der Waals surface area contributed by atoms with Gasteiger partial charge in [0.05, 0.1) is 12.6 Å². The Bertz CT molecular complexity index is 381. The molecular formula is C14H24N4O. The van der Waals surface area contributed by atoms with Gasteiger partial charge in [0.25, 0.3) is 0 Å². The fourth-order valence-electron chi connectivity index (χ4n) is 3.40. The van der Waals surface area contributed by atoms with Crippen LogP contribution in [0, 0.1) is 0 Å². The lowest BCUT2D eigenvalue weighted by atomic mass is 9.97. The third kappa shape index (κ3) is 3.35. The summed E-state index contributed by atoms with van der Waals surface area (Å²) < 4.78 is 1.78. The summed E-state index contributed by atoms with van der Waals surface area (Å²) in [6.07, 6.45) is 8.45. The summed E-state index contributed by atoms with van der Waals surface area (Å²) in [6, 6.07) is 3.25. The third-order valence-corrected chi connectivity index (χ3v) is 4.42. The van der Waals surface area contributed by atoms with Gasteiger partial charge in [-0.1, -0.05) is 0 Å². The molecule has 0 amide bonds. The normalized spacial score (nSPS) is 29.3. The van der Waals surface area contributed by atoms with Crippen LogP contribution in [0.5, 0.6) is 0 Å². The predicted octanol–water partition coefficient (Wildman–Crippen LogP) is 0.460. The minimum atomic E-state index is -0.360. The molecule has 106 valence electrons. The lowest BCUT2D eigenvalue weighted by Gasteiger charge is -2.35. The van der Waals surface area contributed by atoms with Gasteiger partial charge in [0.2, 0.25) is 0 Å². The summed E-state index contributed by atoms with van der Waals surface area (Å²) in [5, 5.41) is 17.7. The molecule has 3 atom stereocenters. The van der Waals surface area contributed by atoms with Gasteiger partial charge in [0.15, 0.2) is 0 Å². The summed E-state index contributed by atoms with van der Waals surface area (Å²) in [7, 11) is 0. The molecule has 0 radical (unpaired) electrons. The molecule has 0 spiro atoms. The standard InChI is InChI=1S/C14H24N4O/c19-14(11-18-7-2-5-16-18)10-15-12-4-8-17-6-1-3-13(17)9-12/h2,5,7,12-15,19H,1,3-4,6,8-11H2. The SMILES string of the molecule is OC(CNC1CCN2CCCC2C1)Cn1cccn1. The maximum atomic E-state index is 10.0. The predicted molar refractivity (Wildman–Crippen MR) is 73.9 cm³/mol. The van der Waals surface area contributed by atoms with Crippen molar-refractivity contribution in [1.29, 1.82) is 0 Å². The first-order valence-corrected chi connectivity index (χ1v) is 7.44.